The third-order valence-electron chi connectivity index (χ3n) is 5.84. The van der Waals surface area contributed by atoms with E-state index in [1.54, 1.807) is 24.0 Å². The van der Waals surface area contributed by atoms with E-state index in [1.807, 2.05) is 25.1 Å². The van der Waals surface area contributed by atoms with Crippen LogP contribution in [-0.4, -0.2) is 53.0 Å². The quantitative estimate of drug-likeness (QED) is 0.575. The summed E-state index contributed by atoms with van der Waals surface area (Å²) in [5.41, 5.74) is 3.30. The number of piperazine rings is 1. The number of hydrogen-bond donors (Lipinski definition) is 1. The lowest BCUT2D eigenvalue weighted by atomic mass is 10.1. The number of aromatic nitrogens is 2. The Labute approximate surface area is 199 Å². The Balaban J connectivity index is 1.44. The molecule has 11 heteroatoms. The van der Waals surface area contributed by atoms with E-state index < -0.39 is 12.1 Å². The minimum absolute atomic E-state index is 0.0571. The molecule has 1 fully saturated rings. The van der Waals surface area contributed by atoms with Gasteiger partial charge in [-0.25, -0.2) is 0 Å². The van der Waals surface area contributed by atoms with Crippen LogP contribution in [0.15, 0.2) is 47.0 Å². The molecule has 8 nitrogen and oxygen atoms in total. The van der Waals surface area contributed by atoms with E-state index >= 15 is 0 Å². The predicted molar refractivity (Wildman–Crippen MR) is 123 cm³/mol. The zero-order valence-electron chi connectivity index (χ0n) is 19.2. The van der Waals surface area contributed by atoms with Crippen molar-refractivity contribution in [3.63, 3.8) is 0 Å². The Hall–Kier alpha value is -3.89. The number of benzene rings is 2. The van der Waals surface area contributed by atoms with Crippen LogP contribution in [0.1, 0.15) is 35.2 Å². The van der Waals surface area contributed by atoms with Crippen LogP contribution in [0.3, 0.4) is 0 Å². The lowest BCUT2D eigenvalue weighted by Crippen LogP contribution is -2.49. The summed E-state index contributed by atoms with van der Waals surface area (Å²) in [6.45, 7) is 5.87. The van der Waals surface area contributed by atoms with E-state index in [9.17, 15) is 22.8 Å². The van der Waals surface area contributed by atoms with Gasteiger partial charge in [-0.05, 0) is 36.8 Å². The summed E-state index contributed by atoms with van der Waals surface area (Å²) in [7, 11) is 0. The first-order chi connectivity index (χ1) is 16.7. The van der Waals surface area contributed by atoms with Gasteiger partial charge in [0.1, 0.15) is 0 Å². The molecule has 35 heavy (non-hydrogen) atoms. The molecule has 0 spiro atoms. The number of carbonyl (C=O) groups is 2. The highest BCUT2D eigenvalue weighted by atomic mass is 19.4. The Morgan fingerprint density at radius 1 is 1.09 bits per heavy atom. The van der Waals surface area contributed by atoms with Gasteiger partial charge in [0.05, 0.1) is 0 Å². The third kappa shape index (κ3) is 5.28. The van der Waals surface area contributed by atoms with Gasteiger partial charge in [0, 0.05) is 55.1 Å². The van der Waals surface area contributed by atoms with Crippen LogP contribution >= 0.6 is 0 Å². The van der Waals surface area contributed by atoms with Crippen molar-refractivity contribution >= 4 is 23.2 Å². The van der Waals surface area contributed by atoms with Gasteiger partial charge in [-0.2, -0.15) is 18.2 Å². The van der Waals surface area contributed by atoms with Crippen LogP contribution in [0.4, 0.5) is 24.5 Å². The Kier molecular flexibility index (Phi) is 6.77. The van der Waals surface area contributed by atoms with Crippen LogP contribution in [0.25, 0.3) is 11.4 Å². The summed E-state index contributed by atoms with van der Waals surface area (Å²) in [6, 6.07) is 11.9. The number of rotatable bonds is 5. The first kappa shape index (κ1) is 24.2. The SMILES string of the molecule is CCC(=O)Nc1cccc(N2CCN(C(=O)c3cccc(-c4noc(C(F)(F)F)n4)c3)CC2)c1C. The first-order valence-corrected chi connectivity index (χ1v) is 11.1. The molecular formula is C24H24F3N5O3. The van der Waals surface area contributed by atoms with E-state index in [-0.39, 0.29) is 23.2 Å². The molecule has 0 saturated carbocycles. The maximum Gasteiger partial charge on any atom is 0.471 e. The molecule has 1 aromatic heterocycles. The molecule has 0 radical (unpaired) electrons. The maximum absolute atomic E-state index is 13.1. The number of halogens is 3. The van der Waals surface area contributed by atoms with Crippen molar-refractivity contribution in [1.82, 2.24) is 15.0 Å². The fraction of sp³-hybridized carbons (Fsp3) is 0.333. The number of nitrogens with zero attached hydrogens (tertiary/aromatic N) is 4. The van der Waals surface area contributed by atoms with Gasteiger partial charge in [0.2, 0.25) is 11.7 Å². The molecule has 1 aliphatic rings. The second kappa shape index (κ2) is 9.77. The maximum atomic E-state index is 13.1. The molecule has 3 aromatic rings. The number of amides is 2. The zero-order valence-corrected chi connectivity index (χ0v) is 19.2. The van der Waals surface area contributed by atoms with Crippen LogP contribution in [0.2, 0.25) is 0 Å². The molecule has 2 heterocycles. The minimum atomic E-state index is -4.74. The molecule has 184 valence electrons. The van der Waals surface area contributed by atoms with E-state index in [2.05, 4.69) is 24.9 Å². The Morgan fingerprint density at radius 3 is 2.46 bits per heavy atom. The van der Waals surface area contributed by atoms with Crippen molar-refractivity contribution in [2.45, 2.75) is 26.4 Å². The van der Waals surface area contributed by atoms with E-state index in [1.165, 1.54) is 12.1 Å². The van der Waals surface area contributed by atoms with Gasteiger partial charge in [-0.1, -0.05) is 30.3 Å². The standard InChI is InChI=1S/C24H24F3N5O3/c1-3-20(33)28-18-8-5-9-19(15(18)2)31-10-12-32(13-11-31)22(34)17-7-4-6-16(14-17)21-29-23(35-30-21)24(25,26)27/h4-9,14H,3,10-13H2,1-2H3,(H,28,33). The largest absolute Gasteiger partial charge is 0.471 e. The predicted octanol–water partition coefficient (Wildman–Crippen LogP) is 4.37. The van der Waals surface area contributed by atoms with Gasteiger partial charge < -0.3 is 19.6 Å². The molecule has 0 bridgehead atoms. The van der Waals surface area contributed by atoms with Gasteiger partial charge in [-0.3, -0.25) is 9.59 Å². The summed E-state index contributed by atoms with van der Waals surface area (Å²) in [6.07, 6.45) is -4.35. The Bertz CT molecular complexity index is 1230. The average molecular weight is 487 g/mol. The summed E-state index contributed by atoms with van der Waals surface area (Å²) in [5, 5.41) is 6.29. The van der Waals surface area contributed by atoms with Crippen LogP contribution in [-0.2, 0) is 11.0 Å². The highest BCUT2D eigenvalue weighted by Gasteiger charge is 2.38. The number of carbonyl (C=O) groups excluding carboxylic acids is 2. The van der Waals surface area contributed by atoms with Crippen molar-refractivity contribution < 1.29 is 27.3 Å². The second-order valence-corrected chi connectivity index (χ2v) is 8.13. The second-order valence-electron chi connectivity index (χ2n) is 8.13. The first-order valence-electron chi connectivity index (χ1n) is 11.1. The van der Waals surface area contributed by atoms with Crippen molar-refractivity contribution in [3.8, 4) is 11.4 Å². The number of hydrogen-bond acceptors (Lipinski definition) is 6. The van der Waals surface area contributed by atoms with Gasteiger partial charge in [0.25, 0.3) is 5.91 Å². The van der Waals surface area contributed by atoms with Crippen LogP contribution in [0.5, 0.6) is 0 Å². The normalized spacial score (nSPS) is 14.2. The molecule has 1 saturated heterocycles. The average Bonchev–Trinajstić information content (AvgIpc) is 3.36. The summed E-state index contributed by atoms with van der Waals surface area (Å²) in [4.78, 5) is 32.1. The molecule has 1 aliphatic heterocycles. The number of anilines is 2. The Morgan fingerprint density at radius 2 is 1.80 bits per heavy atom. The smallest absolute Gasteiger partial charge is 0.368 e. The van der Waals surface area contributed by atoms with E-state index in [0.717, 1.165) is 16.9 Å². The highest BCUT2D eigenvalue weighted by molar-refractivity contribution is 5.95. The third-order valence-corrected chi connectivity index (χ3v) is 5.84. The number of nitrogens with one attached hydrogen (secondary N) is 1. The topological polar surface area (TPSA) is 91.6 Å². The molecule has 0 unspecified atom stereocenters. The van der Waals surface area contributed by atoms with Crippen LogP contribution < -0.4 is 10.2 Å². The summed E-state index contributed by atoms with van der Waals surface area (Å²) in [5.74, 6) is -1.96. The van der Waals surface area contributed by atoms with Gasteiger partial charge in [0.15, 0.2) is 0 Å². The summed E-state index contributed by atoms with van der Waals surface area (Å²) < 4.78 is 42.6. The molecule has 2 aromatic carbocycles. The van der Waals surface area contributed by atoms with Gasteiger partial charge in [-0.15, -0.1) is 0 Å². The van der Waals surface area contributed by atoms with Crippen LogP contribution in [0, 0.1) is 6.92 Å². The van der Waals surface area contributed by atoms with Gasteiger partial charge >= 0.3 is 12.1 Å². The highest BCUT2D eigenvalue weighted by Crippen LogP contribution is 2.30. The minimum Gasteiger partial charge on any atom is -0.368 e. The molecule has 0 atom stereocenters. The molecular weight excluding hydrogens is 463 g/mol. The molecule has 4 rings (SSSR count). The summed E-state index contributed by atoms with van der Waals surface area (Å²) >= 11 is 0. The van der Waals surface area contributed by atoms with Crippen molar-refractivity contribution in [2.75, 3.05) is 36.4 Å². The van der Waals surface area contributed by atoms with E-state index in [4.69, 9.17) is 0 Å². The molecule has 2 amide bonds. The zero-order chi connectivity index (χ0) is 25.2. The van der Waals surface area contributed by atoms with Crippen molar-refractivity contribution in [3.05, 3.63) is 59.5 Å². The fourth-order valence-electron chi connectivity index (χ4n) is 3.92. The lowest BCUT2D eigenvalue weighted by Gasteiger charge is -2.37. The molecule has 1 N–H and O–H groups in total. The fourth-order valence-corrected chi connectivity index (χ4v) is 3.92. The monoisotopic (exact) mass is 487 g/mol. The number of alkyl halides is 3. The van der Waals surface area contributed by atoms with E-state index in [0.29, 0.717) is 38.2 Å². The lowest BCUT2D eigenvalue weighted by molar-refractivity contribution is -0.159. The van der Waals surface area contributed by atoms with Crippen molar-refractivity contribution in [2.24, 2.45) is 0 Å². The molecule has 0 aliphatic carbocycles. The van der Waals surface area contributed by atoms with Crippen molar-refractivity contribution in [1.29, 1.82) is 0 Å².